The Bertz CT molecular complexity index is 486. The fraction of sp³-hybridized carbons (Fsp3) is 0.600. The minimum Gasteiger partial charge on any atom is -0.393 e. The summed E-state index contributed by atoms with van der Waals surface area (Å²) in [7, 11) is 0. The minimum atomic E-state index is -4.84. The van der Waals surface area contributed by atoms with Crippen molar-refractivity contribution in [3.05, 3.63) is 35.4 Å². The van der Waals surface area contributed by atoms with Crippen molar-refractivity contribution in [2.24, 2.45) is 0 Å². The van der Waals surface area contributed by atoms with E-state index in [1.807, 2.05) is 18.2 Å². The number of rotatable bonds is 3. The molecule has 1 aliphatic carbocycles. The quantitative estimate of drug-likeness (QED) is 0.897. The van der Waals surface area contributed by atoms with Crippen LogP contribution in [-0.2, 0) is 11.8 Å². The van der Waals surface area contributed by atoms with Crippen LogP contribution in [0.25, 0.3) is 0 Å². The van der Waals surface area contributed by atoms with Gasteiger partial charge in [-0.2, -0.15) is 13.2 Å². The Morgan fingerprint density at radius 2 is 1.90 bits per heavy atom. The maximum Gasteiger partial charge on any atom is 0.419 e. The summed E-state index contributed by atoms with van der Waals surface area (Å²) in [5.41, 5.74) is -1.94. The molecule has 0 aliphatic heterocycles. The first-order valence-electron chi connectivity index (χ1n) is 6.70. The van der Waals surface area contributed by atoms with Crippen LogP contribution in [0, 0.1) is 0 Å². The summed E-state index contributed by atoms with van der Waals surface area (Å²) in [6, 6.07) is 7.40. The Balaban J connectivity index is 2.38. The van der Waals surface area contributed by atoms with Crippen molar-refractivity contribution < 1.29 is 23.4 Å². The Hall–Kier alpha value is -1.07. The molecule has 2 nitrogen and oxygen atoms in total. The third-order valence-corrected chi connectivity index (χ3v) is 4.31. The summed E-state index contributed by atoms with van der Waals surface area (Å²) in [4.78, 5) is 0. The van der Waals surface area contributed by atoms with Gasteiger partial charge in [-0.05, 0) is 42.2 Å². The molecular weight excluding hydrogens is 269 g/mol. The van der Waals surface area contributed by atoms with Crippen LogP contribution in [0.2, 0.25) is 0 Å². The van der Waals surface area contributed by atoms with Gasteiger partial charge in [0.05, 0.1) is 6.61 Å². The molecule has 2 unspecified atom stereocenters. The molecule has 0 radical (unpaired) electrons. The van der Waals surface area contributed by atoms with E-state index in [4.69, 9.17) is 5.11 Å². The molecule has 0 fully saturated rings. The van der Waals surface area contributed by atoms with Crippen molar-refractivity contribution in [3.63, 3.8) is 0 Å². The molecule has 0 saturated heterocycles. The summed E-state index contributed by atoms with van der Waals surface area (Å²) in [5, 5.41) is 18.9. The van der Waals surface area contributed by atoms with Crippen LogP contribution < -0.4 is 0 Å². The van der Waals surface area contributed by atoms with E-state index in [-0.39, 0.29) is 0 Å². The Morgan fingerprint density at radius 3 is 2.50 bits per heavy atom. The molecule has 0 amide bonds. The third-order valence-electron chi connectivity index (χ3n) is 4.31. The van der Waals surface area contributed by atoms with Crippen molar-refractivity contribution in [2.75, 3.05) is 6.61 Å². The lowest BCUT2D eigenvalue weighted by Crippen LogP contribution is -2.53. The molecule has 1 aromatic carbocycles. The van der Waals surface area contributed by atoms with Gasteiger partial charge in [-0.1, -0.05) is 31.2 Å². The van der Waals surface area contributed by atoms with Gasteiger partial charge in [-0.25, -0.2) is 0 Å². The van der Waals surface area contributed by atoms with Crippen LogP contribution in [0.15, 0.2) is 24.3 Å². The lowest BCUT2D eigenvalue weighted by atomic mass is 9.66. The molecule has 0 bridgehead atoms. The van der Waals surface area contributed by atoms with Crippen LogP contribution in [0.1, 0.15) is 37.3 Å². The molecule has 1 aliphatic rings. The van der Waals surface area contributed by atoms with Crippen LogP contribution in [0.5, 0.6) is 0 Å². The van der Waals surface area contributed by atoms with Crippen molar-refractivity contribution in [1.29, 1.82) is 0 Å². The van der Waals surface area contributed by atoms with Crippen LogP contribution >= 0.6 is 0 Å². The van der Waals surface area contributed by atoms with Gasteiger partial charge < -0.3 is 10.2 Å². The first-order chi connectivity index (χ1) is 9.22. The van der Waals surface area contributed by atoms with Crippen LogP contribution in [0.3, 0.4) is 0 Å². The van der Waals surface area contributed by atoms with Crippen molar-refractivity contribution >= 4 is 0 Å². The molecule has 0 aromatic heterocycles. The summed E-state index contributed by atoms with van der Waals surface area (Å²) < 4.78 is 39.0. The van der Waals surface area contributed by atoms with E-state index < -0.39 is 30.2 Å². The predicted molar refractivity (Wildman–Crippen MR) is 69.4 cm³/mol. The Kier molecular flexibility index (Phi) is 3.86. The molecule has 112 valence electrons. The second-order valence-corrected chi connectivity index (χ2v) is 5.94. The van der Waals surface area contributed by atoms with Gasteiger partial charge in [0, 0.05) is 0 Å². The molecule has 20 heavy (non-hydrogen) atoms. The molecule has 5 heteroatoms. The SMILES string of the molecule is CC1(CC(O)(CO)C(F)(F)F)CCCc2ccccc21. The number of alkyl halides is 3. The number of halogens is 3. The van der Waals surface area contributed by atoms with Crippen molar-refractivity contribution in [3.8, 4) is 0 Å². The van der Waals surface area contributed by atoms with Gasteiger partial charge in [0.15, 0.2) is 5.60 Å². The fourth-order valence-electron chi connectivity index (χ4n) is 3.21. The average molecular weight is 288 g/mol. The number of fused-ring (bicyclic) bond motifs is 1. The normalized spacial score (nSPS) is 25.9. The highest BCUT2D eigenvalue weighted by Crippen LogP contribution is 2.46. The average Bonchev–Trinajstić information content (AvgIpc) is 2.37. The van der Waals surface area contributed by atoms with E-state index in [0.29, 0.717) is 6.42 Å². The largest absolute Gasteiger partial charge is 0.419 e. The highest BCUT2D eigenvalue weighted by molar-refractivity contribution is 5.36. The first kappa shape index (κ1) is 15.3. The second-order valence-electron chi connectivity index (χ2n) is 5.94. The number of benzene rings is 1. The lowest BCUT2D eigenvalue weighted by molar-refractivity contribution is -0.278. The topological polar surface area (TPSA) is 40.5 Å². The fourth-order valence-corrected chi connectivity index (χ4v) is 3.21. The highest BCUT2D eigenvalue weighted by Gasteiger charge is 2.56. The van der Waals surface area contributed by atoms with Gasteiger partial charge in [-0.15, -0.1) is 0 Å². The van der Waals surface area contributed by atoms with Crippen LogP contribution in [0.4, 0.5) is 13.2 Å². The zero-order valence-corrected chi connectivity index (χ0v) is 11.4. The Labute approximate surface area is 116 Å². The summed E-state index contributed by atoms with van der Waals surface area (Å²) >= 11 is 0. The lowest BCUT2D eigenvalue weighted by Gasteiger charge is -2.42. The van der Waals surface area contributed by atoms with Crippen LogP contribution in [-0.4, -0.2) is 28.6 Å². The van der Waals surface area contributed by atoms with Crippen molar-refractivity contribution in [2.45, 2.75) is 49.8 Å². The molecule has 1 aromatic rings. The zero-order chi connectivity index (χ0) is 15.0. The number of aryl methyl sites for hydroxylation is 1. The first-order valence-corrected chi connectivity index (χ1v) is 6.70. The summed E-state index contributed by atoms with van der Waals surface area (Å²) in [6.45, 7) is 0.422. The molecule has 0 heterocycles. The van der Waals surface area contributed by atoms with Gasteiger partial charge in [0.2, 0.25) is 0 Å². The monoisotopic (exact) mass is 288 g/mol. The molecule has 2 atom stereocenters. The maximum atomic E-state index is 13.0. The predicted octanol–water partition coefficient (Wildman–Crippen LogP) is 2.96. The van der Waals surface area contributed by atoms with Crippen molar-refractivity contribution in [1.82, 2.24) is 0 Å². The molecule has 2 rings (SSSR count). The van der Waals surface area contributed by atoms with Gasteiger partial charge in [-0.3, -0.25) is 0 Å². The molecule has 0 spiro atoms. The van der Waals surface area contributed by atoms with E-state index in [9.17, 15) is 18.3 Å². The van der Waals surface area contributed by atoms with Gasteiger partial charge in [0.1, 0.15) is 0 Å². The van der Waals surface area contributed by atoms with E-state index in [1.54, 1.807) is 13.0 Å². The van der Waals surface area contributed by atoms with E-state index >= 15 is 0 Å². The standard InChI is InChI=1S/C15H19F3O2/c1-13(9-14(20,10-19)15(16,17)18)8-4-6-11-5-2-3-7-12(11)13/h2-3,5,7,19-20H,4,6,8-10H2,1H3. The van der Waals surface area contributed by atoms with Gasteiger partial charge >= 0.3 is 6.18 Å². The molecular formula is C15H19F3O2. The Morgan fingerprint density at radius 1 is 1.25 bits per heavy atom. The number of aliphatic hydroxyl groups is 2. The molecule has 0 saturated carbocycles. The summed E-state index contributed by atoms with van der Waals surface area (Å²) in [5.74, 6) is 0. The van der Waals surface area contributed by atoms with E-state index in [1.165, 1.54) is 0 Å². The number of aliphatic hydroxyl groups excluding tert-OH is 1. The third kappa shape index (κ3) is 2.56. The van der Waals surface area contributed by atoms with E-state index in [0.717, 1.165) is 24.0 Å². The summed E-state index contributed by atoms with van der Waals surface area (Å²) in [6.07, 6.45) is -3.15. The van der Waals surface area contributed by atoms with Gasteiger partial charge in [0.25, 0.3) is 0 Å². The molecule has 2 N–H and O–H groups in total. The highest BCUT2D eigenvalue weighted by atomic mass is 19.4. The second kappa shape index (κ2) is 5.04. The minimum absolute atomic E-state index is 0.517. The zero-order valence-electron chi connectivity index (χ0n) is 11.4. The smallest absolute Gasteiger partial charge is 0.393 e. The number of hydrogen-bond acceptors (Lipinski definition) is 2. The van der Waals surface area contributed by atoms with E-state index in [2.05, 4.69) is 0 Å². The number of hydrogen-bond donors (Lipinski definition) is 2. The maximum absolute atomic E-state index is 13.0.